The molecule has 0 unspecified atom stereocenters. The first-order valence-corrected chi connectivity index (χ1v) is 16.0. The van der Waals surface area contributed by atoms with E-state index in [2.05, 4.69) is 0 Å². The van der Waals surface area contributed by atoms with Gasteiger partial charge in [-0.25, -0.2) is 4.98 Å². The lowest BCUT2D eigenvalue weighted by Gasteiger charge is -2.12. The molecule has 0 atom stereocenters. The minimum Gasteiger partial charge on any atom is -0.455 e. The topological polar surface area (TPSA) is 31.0 Å². The Labute approximate surface area is 306 Å². The number of benzene rings is 7. The van der Waals surface area contributed by atoms with E-state index in [1.807, 2.05) is 97.1 Å². The van der Waals surface area contributed by atoms with Gasteiger partial charge in [-0.1, -0.05) is 133 Å². The van der Waals surface area contributed by atoms with E-state index >= 15 is 0 Å². The van der Waals surface area contributed by atoms with Crippen molar-refractivity contribution in [2.24, 2.45) is 0 Å². The number of pyridine rings is 1. The molecule has 0 aliphatic rings. The summed E-state index contributed by atoms with van der Waals surface area (Å²) in [6, 6.07) is 27.1. The van der Waals surface area contributed by atoms with Crippen molar-refractivity contribution in [1.82, 2.24) is 9.55 Å². The minimum atomic E-state index is -0.701. The number of hydrogen-bond donors (Lipinski definition) is 0. The van der Waals surface area contributed by atoms with E-state index in [9.17, 15) is 4.11 Å². The fraction of sp³-hybridized carbons (Fsp3) is 0. The van der Waals surface area contributed by atoms with Crippen molar-refractivity contribution in [2.45, 2.75) is 0 Å². The van der Waals surface area contributed by atoms with Gasteiger partial charge in [-0.15, -0.1) is 0 Å². The van der Waals surface area contributed by atoms with Gasteiger partial charge >= 0.3 is 0 Å². The van der Waals surface area contributed by atoms with E-state index < -0.39 is 78.2 Å². The molecule has 0 saturated heterocycles. The zero-order valence-electron chi connectivity index (χ0n) is 38.2. The molecule has 3 heteroatoms. The molecule has 234 valence electrons. The highest BCUT2D eigenvalue weighted by Crippen LogP contribution is 2.40. The molecule has 0 spiro atoms. The summed E-state index contributed by atoms with van der Waals surface area (Å²) in [5.74, 6) is 0. The Morgan fingerprint density at radius 2 is 1.18 bits per heavy atom. The molecule has 0 fully saturated rings. The molecule has 0 amide bonds. The van der Waals surface area contributed by atoms with Crippen LogP contribution in [0, 0.1) is 0 Å². The Hall–Kier alpha value is -6.71. The van der Waals surface area contributed by atoms with Gasteiger partial charge in [0.05, 0.1) is 38.9 Å². The average molecular weight is 651 g/mol. The smallest absolute Gasteiger partial charge is 0.144 e. The second-order valence-electron chi connectivity index (χ2n) is 11.9. The zero-order chi connectivity index (χ0) is 43.5. The molecule has 50 heavy (non-hydrogen) atoms. The average Bonchev–Trinajstić information content (AvgIpc) is 3.86. The first kappa shape index (κ1) is 18.7. The van der Waals surface area contributed by atoms with E-state index in [-0.39, 0.29) is 32.9 Å². The van der Waals surface area contributed by atoms with Gasteiger partial charge in [-0.05, 0) is 70.7 Å². The fourth-order valence-corrected chi connectivity index (χ4v) is 6.61. The summed E-state index contributed by atoms with van der Waals surface area (Å²) in [6.07, 6.45) is 0. The highest BCUT2D eigenvalue weighted by molar-refractivity contribution is 6.11. The molecule has 10 rings (SSSR count). The lowest BCUT2D eigenvalue weighted by Crippen LogP contribution is -1.94. The lowest BCUT2D eigenvalue weighted by atomic mass is 9.97. The molecule has 0 bridgehead atoms. The van der Waals surface area contributed by atoms with Gasteiger partial charge in [0.2, 0.25) is 0 Å². The molecular weight excluding hydrogens is 609 g/mol. The summed E-state index contributed by atoms with van der Waals surface area (Å²) in [6.45, 7) is 0. The lowest BCUT2D eigenvalue weighted by molar-refractivity contribution is 0.670. The largest absolute Gasteiger partial charge is 0.455 e. The highest BCUT2D eigenvalue weighted by atomic mass is 16.3. The standard InChI is InChI=1S/C47H30N2O/c1-3-12-31(13-4-1)32-22-24-33(25-23-32)42-28-35(29-43(48-42)41-19-11-18-40-39-17-8-10-21-46(39)50-47(40)41)34-26-27-38-37-16-7-9-20-44(37)49(45(38)30-34)36-14-5-2-6-15-36/h1-30H/i2D,5D,6D,7D,9D,14D,15D,16D,20D,26D,27D,30D. The van der Waals surface area contributed by atoms with Crippen LogP contribution in [0.15, 0.2) is 186 Å². The van der Waals surface area contributed by atoms with Crippen molar-refractivity contribution in [1.29, 1.82) is 0 Å². The van der Waals surface area contributed by atoms with Crippen LogP contribution in [-0.2, 0) is 0 Å². The summed E-state index contributed by atoms with van der Waals surface area (Å²) < 4.78 is 115. The van der Waals surface area contributed by atoms with Crippen molar-refractivity contribution in [3.8, 4) is 50.5 Å². The minimum absolute atomic E-state index is 0.0724. The van der Waals surface area contributed by atoms with Gasteiger partial charge in [0.15, 0.2) is 0 Å². The quantitative estimate of drug-likeness (QED) is 0.186. The zero-order valence-corrected chi connectivity index (χ0v) is 26.2. The van der Waals surface area contributed by atoms with Crippen LogP contribution >= 0.6 is 0 Å². The van der Waals surface area contributed by atoms with Crippen LogP contribution in [0.4, 0.5) is 0 Å². The van der Waals surface area contributed by atoms with Gasteiger partial charge in [-0.3, -0.25) is 0 Å². The summed E-state index contributed by atoms with van der Waals surface area (Å²) >= 11 is 0. The molecular formula is C47H30N2O. The molecule has 3 nitrogen and oxygen atoms in total. The summed E-state index contributed by atoms with van der Waals surface area (Å²) in [5.41, 5.74) is 4.63. The van der Waals surface area contributed by atoms with Gasteiger partial charge < -0.3 is 8.98 Å². The third-order valence-electron chi connectivity index (χ3n) is 8.95. The third kappa shape index (κ3) is 4.63. The number of furan rings is 1. The summed E-state index contributed by atoms with van der Waals surface area (Å²) in [7, 11) is 0. The molecule has 0 aliphatic carbocycles. The maximum atomic E-state index is 9.92. The molecule has 0 aliphatic heterocycles. The molecule has 3 aromatic heterocycles. The van der Waals surface area contributed by atoms with E-state index in [0.717, 1.165) is 26.5 Å². The molecule has 10 aromatic rings. The second-order valence-corrected chi connectivity index (χ2v) is 11.9. The van der Waals surface area contributed by atoms with Crippen LogP contribution in [0.3, 0.4) is 0 Å². The molecule has 3 heterocycles. The first-order valence-electron chi connectivity index (χ1n) is 22.0. The number of rotatable bonds is 5. The number of hydrogen-bond acceptors (Lipinski definition) is 2. The van der Waals surface area contributed by atoms with Crippen molar-refractivity contribution >= 4 is 43.7 Å². The Morgan fingerprint density at radius 3 is 2.06 bits per heavy atom. The Kier molecular flexibility index (Phi) is 4.30. The Balaban J connectivity index is 1.32. The van der Waals surface area contributed by atoms with E-state index in [4.69, 9.17) is 21.7 Å². The summed E-state index contributed by atoms with van der Waals surface area (Å²) in [4.78, 5) is 5.12. The van der Waals surface area contributed by atoms with Gasteiger partial charge in [0, 0.05) is 38.4 Å². The Morgan fingerprint density at radius 1 is 0.480 bits per heavy atom. The molecule has 0 saturated carbocycles. The fourth-order valence-electron chi connectivity index (χ4n) is 6.61. The van der Waals surface area contributed by atoms with Crippen LogP contribution in [0.2, 0.25) is 0 Å². The predicted octanol–water partition coefficient (Wildman–Crippen LogP) is 12.7. The highest BCUT2D eigenvalue weighted by Gasteiger charge is 2.17. The van der Waals surface area contributed by atoms with Crippen LogP contribution in [0.25, 0.3) is 94.2 Å². The van der Waals surface area contributed by atoms with Crippen LogP contribution in [0.5, 0.6) is 0 Å². The number of para-hydroxylation sites is 4. The van der Waals surface area contributed by atoms with Crippen LogP contribution in [0.1, 0.15) is 16.4 Å². The van der Waals surface area contributed by atoms with Gasteiger partial charge in [-0.2, -0.15) is 0 Å². The van der Waals surface area contributed by atoms with Crippen molar-refractivity contribution < 1.29 is 20.9 Å². The molecule has 0 radical (unpaired) electrons. The molecule has 0 N–H and O–H groups in total. The number of nitrogens with zero attached hydrogens (tertiary/aromatic N) is 2. The number of fused-ring (bicyclic) bond motifs is 6. The van der Waals surface area contributed by atoms with E-state index in [1.165, 1.54) is 0 Å². The summed E-state index contributed by atoms with van der Waals surface area (Å²) in [5, 5.41) is 1.33. The SMILES string of the molecule is [2H]c1c([2H])c([2H])c(-n2c3c([2H])c([2H])c([2H])c([2H])c3c3c([2H])c([2H])c(-c4cc(-c5ccc(-c6ccccc6)cc5)nc(-c5cccc6c5oc5ccccc56)c4)c([2H])c32)c([2H])c1[2H]. The van der Waals surface area contributed by atoms with Crippen LogP contribution < -0.4 is 0 Å². The van der Waals surface area contributed by atoms with Gasteiger partial charge in [0.1, 0.15) is 11.2 Å². The normalized spacial score (nSPS) is 15.0. The molecule has 7 aromatic carbocycles. The van der Waals surface area contributed by atoms with E-state index in [0.29, 0.717) is 33.7 Å². The van der Waals surface area contributed by atoms with Crippen molar-refractivity contribution in [3.05, 3.63) is 182 Å². The predicted molar refractivity (Wildman–Crippen MR) is 208 cm³/mol. The number of aromatic nitrogens is 2. The third-order valence-corrected chi connectivity index (χ3v) is 8.95. The Bertz CT molecular complexity index is 3520. The van der Waals surface area contributed by atoms with Gasteiger partial charge in [0.25, 0.3) is 0 Å². The maximum Gasteiger partial charge on any atom is 0.144 e. The second kappa shape index (κ2) is 11.5. The van der Waals surface area contributed by atoms with Crippen LogP contribution in [-0.4, -0.2) is 9.55 Å². The van der Waals surface area contributed by atoms with Crippen molar-refractivity contribution in [3.63, 3.8) is 0 Å². The monoisotopic (exact) mass is 650 g/mol. The maximum absolute atomic E-state index is 9.92. The van der Waals surface area contributed by atoms with E-state index in [1.54, 1.807) is 12.1 Å². The first-order chi connectivity index (χ1) is 29.8. The van der Waals surface area contributed by atoms with Crippen molar-refractivity contribution in [2.75, 3.05) is 0 Å².